The zero-order chi connectivity index (χ0) is 16.0. The molecule has 21 heavy (non-hydrogen) atoms. The Hall–Kier alpha value is -2.24. The second kappa shape index (κ2) is 7.52. The van der Waals surface area contributed by atoms with Crippen LogP contribution in [0.4, 0.5) is 5.69 Å². The molecule has 1 aromatic rings. The minimum Gasteiger partial charge on any atom is -0.493 e. The van der Waals surface area contributed by atoms with Crippen molar-refractivity contribution in [2.45, 2.75) is 26.7 Å². The van der Waals surface area contributed by atoms with E-state index < -0.39 is 5.97 Å². The maximum atomic E-state index is 12.0. The first-order valence-corrected chi connectivity index (χ1v) is 6.72. The van der Waals surface area contributed by atoms with Crippen LogP contribution in [0.2, 0.25) is 0 Å². The summed E-state index contributed by atoms with van der Waals surface area (Å²) in [4.78, 5) is 23.1. The van der Waals surface area contributed by atoms with Crippen LogP contribution in [0.3, 0.4) is 0 Å². The average molecular weight is 295 g/mol. The molecule has 0 fully saturated rings. The van der Waals surface area contributed by atoms with E-state index in [9.17, 15) is 9.59 Å². The van der Waals surface area contributed by atoms with Crippen molar-refractivity contribution >= 4 is 17.6 Å². The molecule has 1 atom stereocenters. The molecule has 0 aliphatic heterocycles. The lowest BCUT2D eigenvalue weighted by atomic mass is 10.0. The molecule has 0 spiro atoms. The van der Waals surface area contributed by atoms with Gasteiger partial charge in [0.2, 0.25) is 5.91 Å². The monoisotopic (exact) mass is 295 g/mol. The van der Waals surface area contributed by atoms with E-state index in [1.54, 1.807) is 0 Å². The molecule has 0 aromatic heterocycles. The molecule has 0 heterocycles. The number of rotatable bonds is 7. The normalized spacial score (nSPS) is 11.6. The number of methoxy groups -OCH3 is 2. The van der Waals surface area contributed by atoms with Crippen LogP contribution in [-0.2, 0) is 4.79 Å². The highest BCUT2D eigenvalue weighted by Gasteiger charge is 2.18. The average Bonchev–Trinajstić information content (AvgIpc) is 2.45. The highest BCUT2D eigenvalue weighted by Crippen LogP contribution is 2.36. The minimum atomic E-state index is -1.10. The van der Waals surface area contributed by atoms with Crippen molar-refractivity contribution in [3.05, 3.63) is 17.7 Å². The van der Waals surface area contributed by atoms with Gasteiger partial charge in [-0.15, -0.1) is 0 Å². The van der Waals surface area contributed by atoms with Gasteiger partial charge < -0.3 is 19.9 Å². The lowest BCUT2D eigenvalue weighted by Crippen LogP contribution is -2.16. The van der Waals surface area contributed by atoms with Crippen molar-refractivity contribution in [2.75, 3.05) is 19.5 Å². The first-order valence-electron chi connectivity index (χ1n) is 6.72. The number of hydrogen-bond donors (Lipinski definition) is 2. The Morgan fingerprint density at radius 3 is 2.43 bits per heavy atom. The first kappa shape index (κ1) is 16.8. The SMILES string of the molecule is CCC(C)CC(=O)Nc1cc(C(=O)O)cc(OC)c1OC. The van der Waals surface area contributed by atoms with Crippen LogP contribution < -0.4 is 14.8 Å². The lowest BCUT2D eigenvalue weighted by Gasteiger charge is -2.15. The van der Waals surface area contributed by atoms with E-state index in [4.69, 9.17) is 14.6 Å². The largest absolute Gasteiger partial charge is 0.493 e. The number of hydrogen-bond acceptors (Lipinski definition) is 4. The number of benzene rings is 1. The van der Waals surface area contributed by atoms with Gasteiger partial charge in [-0.05, 0) is 18.1 Å². The molecule has 6 heteroatoms. The van der Waals surface area contributed by atoms with Crippen molar-refractivity contribution in [1.29, 1.82) is 0 Å². The molecular weight excluding hydrogens is 274 g/mol. The zero-order valence-electron chi connectivity index (χ0n) is 12.7. The molecule has 0 aliphatic rings. The van der Waals surface area contributed by atoms with Gasteiger partial charge in [-0.3, -0.25) is 4.79 Å². The van der Waals surface area contributed by atoms with Crippen LogP contribution in [0.15, 0.2) is 12.1 Å². The van der Waals surface area contributed by atoms with E-state index in [1.165, 1.54) is 26.4 Å². The molecule has 0 saturated heterocycles. The highest BCUT2D eigenvalue weighted by molar-refractivity contribution is 5.96. The van der Waals surface area contributed by atoms with Gasteiger partial charge in [0.15, 0.2) is 11.5 Å². The van der Waals surface area contributed by atoms with Crippen LogP contribution in [0.5, 0.6) is 11.5 Å². The Balaban J connectivity index is 3.11. The molecule has 2 N–H and O–H groups in total. The number of aromatic carboxylic acids is 1. The van der Waals surface area contributed by atoms with Gasteiger partial charge in [0.05, 0.1) is 25.5 Å². The Bertz CT molecular complexity index is 527. The molecule has 1 amide bonds. The Morgan fingerprint density at radius 2 is 1.95 bits per heavy atom. The van der Waals surface area contributed by atoms with Gasteiger partial charge in [-0.1, -0.05) is 20.3 Å². The topological polar surface area (TPSA) is 84.9 Å². The van der Waals surface area contributed by atoms with Crippen molar-refractivity contribution in [2.24, 2.45) is 5.92 Å². The summed E-state index contributed by atoms with van der Waals surface area (Å²) >= 11 is 0. The predicted octanol–water partition coefficient (Wildman–Crippen LogP) is 2.78. The van der Waals surface area contributed by atoms with E-state index in [2.05, 4.69) is 5.32 Å². The fraction of sp³-hybridized carbons (Fsp3) is 0.467. The Morgan fingerprint density at radius 1 is 1.29 bits per heavy atom. The summed E-state index contributed by atoms with van der Waals surface area (Å²) in [5.41, 5.74) is 0.314. The van der Waals surface area contributed by atoms with Crippen molar-refractivity contribution in [1.82, 2.24) is 0 Å². The summed E-state index contributed by atoms with van der Waals surface area (Å²) in [5.74, 6) is -0.475. The molecule has 1 unspecified atom stereocenters. The quantitative estimate of drug-likeness (QED) is 0.808. The molecule has 0 aliphatic carbocycles. The number of carbonyl (C=O) groups is 2. The molecular formula is C15H21NO5. The molecule has 0 radical (unpaired) electrons. The van der Waals surface area contributed by atoms with Crippen molar-refractivity contribution < 1.29 is 24.2 Å². The Labute approximate surface area is 124 Å². The molecule has 0 saturated carbocycles. The summed E-state index contributed by atoms with van der Waals surface area (Å²) < 4.78 is 10.3. The van der Waals surface area contributed by atoms with Gasteiger partial charge >= 0.3 is 5.97 Å². The molecule has 116 valence electrons. The van der Waals surface area contributed by atoms with Crippen LogP contribution >= 0.6 is 0 Å². The highest BCUT2D eigenvalue weighted by atomic mass is 16.5. The van der Waals surface area contributed by atoms with Gasteiger partial charge in [0, 0.05) is 6.42 Å². The summed E-state index contributed by atoms with van der Waals surface area (Å²) in [6, 6.07) is 2.71. The predicted molar refractivity (Wildman–Crippen MR) is 79.2 cm³/mol. The standard InChI is InChI=1S/C15H21NO5/c1-5-9(2)6-13(17)16-11-7-10(15(18)19)8-12(20-3)14(11)21-4/h7-9H,5-6H2,1-4H3,(H,16,17)(H,18,19). The maximum Gasteiger partial charge on any atom is 0.335 e. The second-order valence-electron chi connectivity index (χ2n) is 4.83. The number of anilines is 1. The van der Waals surface area contributed by atoms with Crippen molar-refractivity contribution in [3.8, 4) is 11.5 Å². The molecule has 0 bridgehead atoms. The first-order chi connectivity index (χ1) is 9.92. The second-order valence-corrected chi connectivity index (χ2v) is 4.83. The number of carboxylic acids is 1. The van der Waals surface area contributed by atoms with E-state index in [0.29, 0.717) is 17.9 Å². The van der Waals surface area contributed by atoms with Crippen LogP contribution in [0.25, 0.3) is 0 Å². The maximum absolute atomic E-state index is 12.0. The van der Waals surface area contributed by atoms with Crippen LogP contribution in [0, 0.1) is 5.92 Å². The van der Waals surface area contributed by atoms with Gasteiger partial charge in [-0.25, -0.2) is 4.79 Å². The fourth-order valence-corrected chi connectivity index (χ4v) is 1.84. The lowest BCUT2D eigenvalue weighted by molar-refractivity contribution is -0.117. The Kier molecular flexibility index (Phi) is 6.02. The van der Waals surface area contributed by atoms with E-state index >= 15 is 0 Å². The van der Waals surface area contributed by atoms with Crippen LogP contribution in [-0.4, -0.2) is 31.2 Å². The third kappa shape index (κ3) is 4.37. The summed E-state index contributed by atoms with van der Waals surface area (Å²) in [6.07, 6.45) is 1.25. The smallest absolute Gasteiger partial charge is 0.335 e. The van der Waals surface area contributed by atoms with E-state index in [0.717, 1.165) is 6.42 Å². The molecule has 6 nitrogen and oxygen atoms in total. The minimum absolute atomic E-state index is 0.0199. The number of carboxylic acid groups (broad SMARTS) is 1. The molecule has 1 aromatic carbocycles. The van der Waals surface area contributed by atoms with Crippen LogP contribution in [0.1, 0.15) is 37.0 Å². The summed E-state index contributed by atoms with van der Waals surface area (Å²) in [7, 11) is 2.84. The third-order valence-electron chi connectivity index (χ3n) is 3.23. The number of amides is 1. The third-order valence-corrected chi connectivity index (χ3v) is 3.23. The number of ether oxygens (including phenoxy) is 2. The van der Waals surface area contributed by atoms with Crippen molar-refractivity contribution in [3.63, 3.8) is 0 Å². The van der Waals surface area contributed by atoms with E-state index in [1.807, 2.05) is 13.8 Å². The summed E-state index contributed by atoms with van der Waals surface area (Å²) in [5, 5.41) is 11.8. The molecule has 1 rings (SSSR count). The number of nitrogens with one attached hydrogen (secondary N) is 1. The number of carbonyl (C=O) groups excluding carboxylic acids is 1. The van der Waals surface area contributed by atoms with Gasteiger partial charge in [0.1, 0.15) is 0 Å². The van der Waals surface area contributed by atoms with E-state index in [-0.39, 0.29) is 23.1 Å². The fourth-order valence-electron chi connectivity index (χ4n) is 1.84. The van der Waals surface area contributed by atoms with Gasteiger partial charge in [-0.2, -0.15) is 0 Å². The zero-order valence-corrected chi connectivity index (χ0v) is 12.7. The summed E-state index contributed by atoms with van der Waals surface area (Å²) in [6.45, 7) is 3.98. The van der Waals surface area contributed by atoms with Gasteiger partial charge in [0.25, 0.3) is 0 Å².